The molecule has 0 bridgehead atoms. The number of benzene rings is 1. The Kier molecular flexibility index (Phi) is 4.73. The minimum atomic E-state index is -4.70. The van der Waals surface area contributed by atoms with Crippen molar-refractivity contribution in [1.29, 1.82) is 0 Å². The van der Waals surface area contributed by atoms with E-state index in [-0.39, 0.29) is 5.56 Å². The molecule has 0 amide bonds. The van der Waals surface area contributed by atoms with Crippen molar-refractivity contribution in [1.82, 2.24) is 0 Å². The number of carbonyl (C=O) groups excluding carboxylic acids is 1. The summed E-state index contributed by atoms with van der Waals surface area (Å²) < 4.78 is 38.5. The minimum Gasteiger partial charge on any atom is -0.481 e. The molecule has 7 heteroatoms. The SMILES string of the molecule is CC(Br)C(=O)c1cccc(C(F)(F)F)c1CC(=O)O. The van der Waals surface area contributed by atoms with E-state index in [4.69, 9.17) is 5.11 Å². The number of carbonyl (C=O) groups is 2. The smallest absolute Gasteiger partial charge is 0.416 e. The Morgan fingerprint density at radius 1 is 1.37 bits per heavy atom. The van der Waals surface area contributed by atoms with Crippen LogP contribution in [0.15, 0.2) is 18.2 Å². The van der Waals surface area contributed by atoms with E-state index in [1.165, 1.54) is 13.0 Å². The average Bonchev–Trinajstić information content (AvgIpc) is 2.25. The largest absolute Gasteiger partial charge is 0.481 e. The molecule has 1 atom stereocenters. The molecule has 1 aromatic rings. The maximum Gasteiger partial charge on any atom is 0.416 e. The molecule has 1 rings (SSSR count). The number of aliphatic carboxylic acids is 1. The molecule has 0 radical (unpaired) electrons. The Morgan fingerprint density at radius 2 is 1.95 bits per heavy atom. The molecule has 0 aromatic heterocycles. The average molecular weight is 339 g/mol. The Balaban J connectivity index is 3.47. The van der Waals surface area contributed by atoms with Gasteiger partial charge in [-0.2, -0.15) is 13.2 Å². The third kappa shape index (κ3) is 3.79. The molecule has 0 fully saturated rings. The van der Waals surface area contributed by atoms with Crippen LogP contribution in [0.25, 0.3) is 0 Å². The highest BCUT2D eigenvalue weighted by molar-refractivity contribution is 9.10. The number of carboxylic acid groups (broad SMARTS) is 1. The summed E-state index contributed by atoms with van der Waals surface area (Å²) >= 11 is 2.97. The van der Waals surface area contributed by atoms with Gasteiger partial charge in [0.25, 0.3) is 0 Å². The van der Waals surface area contributed by atoms with E-state index in [9.17, 15) is 22.8 Å². The van der Waals surface area contributed by atoms with Gasteiger partial charge in [-0.25, -0.2) is 0 Å². The van der Waals surface area contributed by atoms with Crippen LogP contribution < -0.4 is 0 Å². The van der Waals surface area contributed by atoms with Crippen LogP contribution in [0.3, 0.4) is 0 Å². The third-order valence-corrected chi connectivity index (χ3v) is 2.85. The molecule has 19 heavy (non-hydrogen) atoms. The van der Waals surface area contributed by atoms with Gasteiger partial charge in [-0.15, -0.1) is 0 Å². The summed E-state index contributed by atoms with van der Waals surface area (Å²) in [5.74, 6) is -2.00. The number of alkyl halides is 4. The first kappa shape index (κ1) is 15.7. The van der Waals surface area contributed by atoms with Crippen LogP contribution in [-0.4, -0.2) is 21.7 Å². The lowest BCUT2D eigenvalue weighted by Crippen LogP contribution is -2.19. The number of Topliss-reactive ketones (excluding diaryl/α,β-unsaturated/α-hetero) is 1. The summed E-state index contributed by atoms with van der Waals surface area (Å²) in [6.45, 7) is 1.47. The third-order valence-electron chi connectivity index (χ3n) is 2.44. The van der Waals surface area contributed by atoms with Crippen molar-refractivity contribution in [2.45, 2.75) is 24.3 Å². The zero-order valence-electron chi connectivity index (χ0n) is 9.79. The van der Waals surface area contributed by atoms with Crippen LogP contribution in [0.4, 0.5) is 13.2 Å². The lowest BCUT2D eigenvalue weighted by molar-refractivity contribution is -0.139. The van der Waals surface area contributed by atoms with E-state index >= 15 is 0 Å². The summed E-state index contributed by atoms with van der Waals surface area (Å²) in [6.07, 6.45) is -5.55. The molecule has 0 saturated carbocycles. The molecule has 104 valence electrons. The maximum absolute atomic E-state index is 12.8. The van der Waals surface area contributed by atoms with Crippen LogP contribution >= 0.6 is 15.9 Å². The Hall–Kier alpha value is -1.37. The van der Waals surface area contributed by atoms with Crippen molar-refractivity contribution in [2.24, 2.45) is 0 Å². The van der Waals surface area contributed by atoms with E-state index in [1.807, 2.05) is 0 Å². The summed E-state index contributed by atoms with van der Waals surface area (Å²) in [7, 11) is 0. The summed E-state index contributed by atoms with van der Waals surface area (Å²) in [4.78, 5) is 21.8. The lowest BCUT2D eigenvalue weighted by Gasteiger charge is -2.15. The molecular weight excluding hydrogens is 329 g/mol. The van der Waals surface area contributed by atoms with Crippen LogP contribution in [0.2, 0.25) is 0 Å². The van der Waals surface area contributed by atoms with Gasteiger partial charge in [-0.1, -0.05) is 28.1 Å². The lowest BCUT2D eigenvalue weighted by atomic mass is 9.94. The number of hydrogen-bond donors (Lipinski definition) is 1. The summed E-state index contributed by atoms with van der Waals surface area (Å²) in [5, 5.41) is 8.71. The topological polar surface area (TPSA) is 54.4 Å². The van der Waals surface area contributed by atoms with E-state index in [0.29, 0.717) is 0 Å². The van der Waals surface area contributed by atoms with E-state index < -0.39 is 40.3 Å². The molecule has 0 spiro atoms. The van der Waals surface area contributed by atoms with E-state index in [0.717, 1.165) is 12.1 Å². The Labute approximate surface area is 115 Å². The predicted octanol–water partition coefficient (Wildman–Crippen LogP) is 3.30. The molecule has 0 heterocycles. The standard InChI is InChI=1S/C12H10BrF3O3/c1-6(13)11(19)7-3-2-4-9(12(14,15)16)8(7)5-10(17)18/h2-4,6H,5H2,1H3,(H,17,18). The van der Waals surface area contributed by atoms with Crippen molar-refractivity contribution >= 4 is 27.7 Å². The number of carboxylic acids is 1. The van der Waals surface area contributed by atoms with Gasteiger partial charge in [0.05, 0.1) is 16.8 Å². The second kappa shape index (κ2) is 5.73. The van der Waals surface area contributed by atoms with Gasteiger partial charge in [0.15, 0.2) is 5.78 Å². The summed E-state index contributed by atoms with van der Waals surface area (Å²) in [6, 6.07) is 3.07. The number of rotatable bonds is 4. The Bertz CT molecular complexity index is 509. The molecule has 1 unspecified atom stereocenters. The van der Waals surface area contributed by atoms with Crippen molar-refractivity contribution < 1.29 is 27.9 Å². The molecule has 0 aliphatic heterocycles. The molecule has 0 saturated heterocycles. The highest BCUT2D eigenvalue weighted by Crippen LogP contribution is 2.34. The highest BCUT2D eigenvalue weighted by Gasteiger charge is 2.35. The first-order chi connectivity index (χ1) is 8.64. The monoisotopic (exact) mass is 338 g/mol. The fraction of sp³-hybridized carbons (Fsp3) is 0.333. The molecule has 3 nitrogen and oxygen atoms in total. The van der Waals surface area contributed by atoms with Gasteiger partial charge < -0.3 is 5.11 Å². The highest BCUT2D eigenvalue weighted by atomic mass is 79.9. The zero-order chi connectivity index (χ0) is 14.8. The first-order valence-electron chi connectivity index (χ1n) is 5.23. The molecule has 1 aromatic carbocycles. The van der Waals surface area contributed by atoms with Gasteiger partial charge in [-0.3, -0.25) is 9.59 Å². The normalized spacial score (nSPS) is 13.1. The second-order valence-corrected chi connectivity index (χ2v) is 5.25. The number of halogens is 4. The van der Waals surface area contributed by atoms with Crippen LogP contribution in [0, 0.1) is 0 Å². The molecule has 0 aliphatic carbocycles. The van der Waals surface area contributed by atoms with Crippen LogP contribution in [0.5, 0.6) is 0 Å². The molecular formula is C12H10BrF3O3. The molecule has 0 aliphatic rings. The van der Waals surface area contributed by atoms with E-state index in [1.54, 1.807) is 0 Å². The maximum atomic E-state index is 12.8. The fourth-order valence-corrected chi connectivity index (χ4v) is 1.89. The number of hydrogen-bond acceptors (Lipinski definition) is 2. The van der Waals surface area contributed by atoms with Gasteiger partial charge in [-0.05, 0) is 18.6 Å². The first-order valence-corrected chi connectivity index (χ1v) is 6.15. The molecule has 1 N–H and O–H groups in total. The fourth-order valence-electron chi connectivity index (χ4n) is 1.64. The van der Waals surface area contributed by atoms with Gasteiger partial charge >= 0.3 is 12.1 Å². The van der Waals surface area contributed by atoms with E-state index in [2.05, 4.69) is 15.9 Å². The van der Waals surface area contributed by atoms with Gasteiger partial charge in [0, 0.05) is 5.56 Å². The Morgan fingerprint density at radius 3 is 2.37 bits per heavy atom. The van der Waals surface area contributed by atoms with Crippen molar-refractivity contribution in [3.63, 3.8) is 0 Å². The van der Waals surface area contributed by atoms with Crippen molar-refractivity contribution in [3.8, 4) is 0 Å². The van der Waals surface area contributed by atoms with Crippen molar-refractivity contribution in [3.05, 3.63) is 34.9 Å². The number of ketones is 1. The minimum absolute atomic E-state index is 0.221. The van der Waals surface area contributed by atoms with Crippen LogP contribution in [0.1, 0.15) is 28.4 Å². The quantitative estimate of drug-likeness (QED) is 0.677. The summed E-state index contributed by atoms with van der Waals surface area (Å²) in [5.41, 5.74) is -1.81. The van der Waals surface area contributed by atoms with Crippen LogP contribution in [-0.2, 0) is 17.4 Å². The van der Waals surface area contributed by atoms with Gasteiger partial charge in [0.2, 0.25) is 0 Å². The zero-order valence-corrected chi connectivity index (χ0v) is 11.4. The van der Waals surface area contributed by atoms with Gasteiger partial charge in [0.1, 0.15) is 0 Å². The predicted molar refractivity (Wildman–Crippen MR) is 65.5 cm³/mol. The second-order valence-electron chi connectivity index (χ2n) is 3.88. The van der Waals surface area contributed by atoms with Crippen molar-refractivity contribution in [2.75, 3.05) is 0 Å².